The van der Waals surface area contributed by atoms with Crippen molar-refractivity contribution in [1.82, 2.24) is 0 Å². The van der Waals surface area contributed by atoms with E-state index in [4.69, 9.17) is 17.7 Å². The highest BCUT2D eigenvalue weighted by atomic mass is 16.3. The Hall–Kier alpha value is -9.00. The van der Waals surface area contributed by atoms with Gasteiger partial charge in [0.2, 0.25) is 0 Å². The zero-order valence-corrected chi connectivity index (χ0v) is 38.4. The number of allylic oxidation sites excluding steroid dienone is 4. The van der Waals surface area contributed by atoms with Crippen LogP contribution in [-0.4, -0.2) is 0 Å². The summed E-state index contributed by atoms with van der Waals surface area (Å²) in [6, 6.07) is 64.6. The molecular formula is C64H42N2O4. The summed E-state index contributed by atoms with van der Waals surface area (Å²) in [6.45, 7) is 4.46. The number of nitrogens with zero attached hydrogens (tertiary/aromatic N) is 2. The molecule has 0 saturated heterocycles. The molecule has 0 aliphatic heterocycles. The summed E-state index contributed by atoms with van der Waals surface area (Å²) in [5.74, 6) is 0.312. The average molecular weight is 903 g/mol. The van der Waals surface area contributed by atoms with Crippen molar-refractivity contribution in [2.45, 2.75) is 20.3 Å². The minimum absolute atomic E-state index is 0.312. The molecule has 1 unspecified atom stereocenters. The second kappa shape index (κ2) is 14.7. The van der Waals surface area contributed by atoms with Gasteiger partial charge in [0.1, 0.15) is 33.5 Å². The molecular weight excluding hydrogens is 861 g/mol. The fraction of sp³-hybridized carbons (Fsp3) is 0.0625. The van der Waals surface area contributed by atoms with Crippen LogP contribution in [0.25, 0.3) is 109 Å². The molecule has 1 aliphatic rings. The molecule has 332 valence electrons. The van der Waals surface area contributed by atoms with Crippen LogP contribution < -0.4 is 9.80 Å². The van der Waals surface area contributed by atoms with Gasteiger partial charge in [0.25, 0.3) is 0 Å². The summed E-state index contributed by atoms with van der Waals surface area (Å²) >= 11 is 0. The third kappa shape index (κ3) is 5.80. The topological polar surface area (TPSA) is 59.0 Å². The molecule has 1 atom stereocenters. The Kier molecular flexibility index (Phi) is 8.23. The van der Waals surface area contributed by atoms with E-state index in [0.717, 1.165) is 150 Å². The summed E-state index contributed by atoms with van der Waals surface area (Å²) in [5, 5.41) is 13.0. The molecule has 0 spiro atoms. The lowest BCUT2D eigenvalue weighted by molar-refractivity contribution is 0.656. The van der Waals surface area contributed by atoms with Gasteiger partial charge in [-0.25, -0.2) is 0 Å². The van der Waals surface area contributed by atoms with E-state index in [2.05, 4.69) is 200 Å². The van der Waals surface area contributed by atoms with Gasteiger partial charge in [0, 0.05) is 71.8 Å². The first kappa shape index (κ1) is 39.0. The van der Waals surface area contributed by atoms with Crippen molar-refractivity contribution in [3.05, 3.63) is 211 Å². The highest BCUT2D eigenvalue weighted by Crippen LogP contribution is 2.47. The van der Waals surface area contributed by atoms with E-state index in [1.165, 1.54) is 5.70 Å². The zero-order valence-electron chi connectivity index (χ0n) is 38.4. The van der Waals surface area contributed by atoms with E-state index in [0.29, 0.717) is 5.92 Å². The maximum Gasteiger partial charge on any atom is 0.159 e. The predicted molar refractivity (Wildman–Crippen MR) is 290 cm³/mol. The summed E-state index contributed by atoms with van der Waals surface area (Å²) in [7, 11) is 0. The summed E-state index contributed by atoms with van der Waals surface area (Å²) in [6.07, 6.45) is 7.63. The largest absolute Gasteiger partial charge is 0.456 e. The van der Waals surface area contributed by atoms with Crippen LogP contribution in [0.5, 0.6) is 0 Å². The van der Waals surface area contributed by atoms with Crippen molar-refractivity contribution >= 4 is 138 Å². The number of hydrogen-bond donors (Lipinski definition) is 0. The maximum absolute atomic E-state index is 6.77. The van der Waals surface area contributed by atoms with Crippen LogP contribution in [0.3, 0.4) is 0 Å². The lowest BCUT2D eigenvalue weighted by Crippen LogP contribution is -2.22. The SMILES string of the molecule is Cc1ccccc1N(c1ccc2cc3c(cc2c1)oc1cc2c(cc13)oc1cc3cc(N(C4=CC=CCC4C)c4cccc5c4oc4ccccc45)ccc3cc12)c1cccc2c1oc1ccccc12. The first-order valence-electron chi connectivity index (χ1n) is 24.0. The van der Waals surface area contributed by atoms with E-state index in [-0.39, 0.29) is 0 Å². The zero-order chi connectivity index (χ0) is 46.2. The molecule has 0 fully saturated rings. The van der Waals surface area contributed by atoms with Crippen molar-refractivity contribution in [1.29, 1.82) is 0 Å². The monoisotopic (exact) mass is 902 g/mol. The van der Waals surface area contributed by atoms with Gasteiger partial charge in [-0.3, -0.25) is 0 Å². The highest BCUT2D eigenvalue weighted by molar-refractivity contribution is 6.19. The first-order chi connectivity index (χ1) is 34.5. The molecule has 10 aromatic carbocycles. The molecule has 70 heavy (non-hydrogen) atoms. The van der Waals surface area contributed by atoms with E-state index in [1.807, 2.05) is 24.3 Å². The number of furan rings is 4. The van der Waals surface area contributed by atoms with Gasteiger partial charge in [0.05, 0.1) is 11.4 Å². The summed E-state index contributed by atoms with van der Waals surface area (Å²) < 4.78 is 26.7. The minimum atomic E-state index is 0.312. The molecule has 0 N–H and O–H groups in total. The van der Waals surface area contributed by atoms with Crippen LogP contribution in [0.2, 0.25) is 0 Å². The van der Waals surface area contributed by atoms with Crippen LogP contribution >= 0.6 is 0 Å². The van der Waals surface area contributed by atoms with Gasteiger partial charge in [-0.05, 0) is 138 Å². The van der Waals surface area contributed by atoms with E-state index < -0.39 is 0 Å². The van der Waals surface area contributed by atoms with Crippen molar-refractivity contribution in [2.24, 2.45) is 5.92 Å². The van der Waals surface area contributed by atoms with Crippen LogP contribution in [0.4, 0.5) is 28.4 Å². The standard InChI is InChI=1S/C64H42N2O4/c1-37-13-3-7-19-53(37)65(55-21-11-17-47-45-15-5-9-23-57(45)69-63(47)55)43-27-25-39-31-49-51-35-62-52(36-61(51)67-59(49)33-41(39)29-43)50-32-40-26-28-44(30-42(40)34-60(50)68-62)66(54-20-8-4-14-38(54)2)56-22-12-18-48-46-16-6-10-24-58(46)70-64(48)56/h3-13,15-36,38H,14H2,1-2H3. The first-order valence-corrected chi connectivity index (χ1v) is 24.0. The quantitative estimate of drug-likeness (QED) is 0.166. The molecule has 0 bridgehead atoms. The minimum Gasteiger partial charge on any atom is -0.456 e. The predicted octanol–water partition coefficient (Wildman–Crippen LogP) is 19.0. The number of aryl methyl sites for hydroxylation is 1. The summed E-state index contributed by atoms with van der Waals surface area (Å²) in [5.41, 5.74) is 14.4. The van der Waals surface area contributed by atoms with E-state index >= 15 is 0 Å². The molecule has 6 heteroatoms. The van der Waals surface area contributed by atoms with Gasteiger partial charge in [0.15, 0.2) is 11.2 Å². The average Bonchev–Trinajstić information content (AvgIpc) is 4.16. The number of anilines is 5. The third-order valence-corrected chi connectivity index (χ3v) is 14.7. The molecule has 14 aromatic rings. The molecule has 1 aliphatic carbocycles. The number of rotatable bonds is 6. The van der Waals surface area contributed by atoms with Crippen LogP contribution in [0, 0.1) is 12.8 Å². The molecule has 4 heterocycles. The smallest absolute Gasteiger partial charge is 0.159 e. The molecule has 4 aromatic heterocycles. The number of para-hydroxylation sites is 5. The van der Waals surface area contributed by atoms with Gasteiger partial charge in [-0.2, -0.15) is 0 Å². The molecule has 6 nitrogen and oxygen atoms in total. The van der Waals surface area contributed by atoms with Crippen LogP contribution in [-0.2, 0) is 0 Å². The van der Waals surface area contributed by atoms with E-state index in [1.54, 1.807) is 0 Å². The van der Waals surface area contributed by atoms with Gasteiger partial charge >= 0.3 is 0 Å². The van der Waals surface area contributed by atoms with Gasteiger partial charge in [-0.1, -0.05) is 110 Å². The normalized spacial score (nSPS) is 14.3. The molecule has 0 saturated carbocycles. The Morgan fingerprint density at radius 3 is 1.46 bits per heavy atom. The Morgan fingerprint density at radius 1 is 0.386 bits per heavy atom. The fourth-order valence-corrected chi connectivity index (χ4v) is 11.3. The lowest BCUT2D eigenvalue weighted by Gasteiger charge is -2.32. The van der Waals surface area contributed by atoms with Crippen LogP contribution in [0.15, 0.2) is 224 Å². The third-order valence-electron chi connectivity index (χ3n) is 14.7. The Labute approximate surface area is 401 Å². The van der Waals surface area contributed by atoms with Crippen molar-refractivity contribution in [2.75, 3.05) is 9.80 Å². The lowest BCUT2D eigenvalue weighted by atomic mass is 9.96. The number of fused-ring (bicyclic) bond motifs is 14. The molecule has 0 radical (unpaired) electrons. The second-order valence-corrected chi connectivity index (χ2v) is 18.9. The summed E-state index contributed by atoms with van der Waals surface area (Å²) in [4.78, 5) is 4.70. The van der Waals surface area contributed by atoms with Gasteiger partial charge in [-0.15, -0.1) is 0 Å². The molecule has 0 amide bonds. The Bertz CT molecular complexity index is 4580. The maximum atomic E-state index is 6.77. The highest BCUT2D eigenvalue weighted by Gasteiger charge is 2.26. The van der Waals surface area contributed by atoms with Crippen molar-refractivity contribution < 1.29 is 17.7 Å². The second-order valence-electron chi connectivity index (χ2n) is 18.9. The fourth-order valence-electron chi connectivity index (χ4n) is 11.3. The Morgan fingerprint density at radius 2 is 0.871 bits per heavy atom. The number of hydrogen-bond acceptors (Lipinski definition) is 6. The molecule has 15 rings (SSSR count). The number of benzene rings is 10. The van der Waals surface area contributed by atoms with Gasteiger partial charge < -0.3 is 27.5 Å². The van der Waals surface area contributed by atoms with Crippen molar-refractivity contribution in [3.8, 4) is 0 Å². The van der Waals surface area contributed by atoms with E-state index in [9.17, 15) is 0 Å². The Balaban J connectivity index is 0.839. The van der Waals surface area contributed by atoms with Crippen LogP contribution in [0.1, 0.15) is 18.9 Å². The van der Waals surface area contributed by atoms with Crippen molar-refractivity contribution in [3.63, 3.8) is 0 Å².